The van der Waals surface area contributed by atoms with Gasteiger partial charge in [-0.1, -0.05) is 0 Å². The van der Waals surface area contributed by atoms with E-state index < -0.39 is 17.5 Å². The van der Waals surface area contributed by atoms with Gasteiger partial charge in [0.25, 0.3) is 0 Å². The standard InChI is InChI=1S/C18H23FN4O2/c1-5-25-17(24)13-10-20-23(18(2,3)4)15(13)12-8-9-14(22-16(12)19)21-11-6-7-11/h8-11H,5-7H2,1-4H3,(H,21,22). The summed E-state index contributed by atoms with van der Waals surface area (Å²) in [5, 5.41) is 7.46. The largest absolute Gasteiger partial charge is 0.462 e. The first kappa shape index (κ1) is 17.4. The van der Waals surface area contributed by atoms with Crippen molar-refractivity contribution < 1.29 is 13.9 Å². The van der Waals surface area contributed by atoms with E-state index in [0.717, 1.165) is 12.8 Å². The summed E-state index contributed by atoms with van der Waals surface area (Å²) in [5.41, 5.74) is 0.420. The van der Waals surface area contributed by atoms with E-state index in [0.29, 0.717) is 17.6 Å². The number of nitrogens with one attached hydrogen (secondary N) is 1. The van der Waals surface area contributed by atoms with Crippen LogP contribution in [0.1, 0.15) is 50.9 Å². The Hall–Kier alpha value is -2.44. The molecule has 0 spiro atoms. The fourth-order valence-corrected chi connectivity index (χ4v) is 2.60. The monoisotopic (exact) mass is 346 g/mol. The maximum absolute atomic E-state index is 14.7. The highest BCUT2D eigenvalue weighted by Crippen LogP contribution is 2.32. The van der Waals surface area contributed by atoms with Gasteiger partial charge in [-0.25, -0.2) is 9.78 Å². The highest BCUT2D eigenvalue weighted by atomic mass is 19.1. The molecular formula is C18H23FN4O2. The van der Waals surface area contributed by atoms with Gasteiger partial charge in [-0.15, -0.1) is 0 Å². The Morgan fingerprint density at radius 3 is 2.68 bits per heavy atom. The molecule has 0 saturated heterocycles. The maximum atomic E-state index is 14.7. The van der Waals surface area contributed by atoms with Crippen molar-refractivity contribution in [1.82, 2.24) is 14.8 Å². The molecule has 7 heteroatoms. The first-order valence-electron chi connectivity index (χ1n) is 8.50. The number of nitrogens with zero attached hydrogens (tertiary/aromatic N) is 3. The van der Waals surface area contributed by atoms with Crippen molar-refractivity contribution in [1.29, 1.82) is 0 Å². The van der Waals surface area contributed by atoms with Crippen LogP contribution in [0, 0.1) is 5.95 Å². The molecule has 0 unspecified atom stereocenters. The molecule has 0 amide bonds. The second-order valence-corrected chi connectivity index (χ2v) is 7.16. The van der Waals surface area contributed by atoms with Crippen LogP contribution in [-0.2, 0) is 10.3 Å². The van der Waals surface area contributed by atoms with E-state index in [9.17, 15) is 9.18 Å². The lowest BCUT2D eigenvalue weighted by molar-refractivity contribution is 0.0527. The van der Waals surface area contributed by atoms with Crippen molar-refractivity contribution in [2.45, 2.75) is 52.1 Å². The van der Waals surface area contributed by atoms with Gasteiger partial charge in [-0.05, 0) is 52.7 Å². The summed E-state index contributed by atoms with van der Waals surface area (Å²) in [4.78, 5) is 16.3. The number of esters is 1. The summed E-state index contributed by atoms with van der Waals surface area (Å²) >= 11 is 0. The molecule has 1 saturated carbocycles. The first-order valence-corrected chi connectivity index (χ1v) is 8.50. The van der Waals surface area contributed by atoms with Crippen molar-refractivity contribution >= 4 is 11.8 Å². The number of ether oxygens (including phenoxy) is 1. The van der Waals surface area contributed by atoms with Gasteiger partial charge in [-0.2, -0.15) is 9.49 Å². The van der Waals surface area contributed by atoms with Gasteiger partial charge in [0, 0.05) is 6.04 Å². The second kappa shape index (κ2) is 6.46. The maximum Gasteiger partial charge on any atom is 0.341 e. The molecule has 2 aromatic heterocycles. The lowest BCUT2D eigenvalue weighted by Crippen LogP contribution is -2.25. The van der Waals surface area contributed by atoms with Crippen LogP contribution in [0.5, 0.6) is 0 Å². The van der Waals surface area contributed by atoms with Crippen LogP contribution in [0.25, 0.3) is 11.3 Å². The molecule has 0 aliphatic heterocycles. The molecule has 1 N–H and O–H groups in total. The van der Waals surface area contributed by atoms with Crippen LogP contribution < -0.4 is 5.32 Å². The molecular weight excluding hydrogens is 323 g/mol. The van der Waals surface area contributed by atoms with Crippen LogP contribution in [0.3, 0.4) is 0 Å². The zero-order valence-corrected chi connectivity index (χ0v) is 15.0. The zero-order chi connectivity index (χ0) is 18.2. The van der Waals surface area contributed by atoms with Crippen LogP contribution in [0.4, 0.5) is 10.2 Å². The Kier molecular flexibility index (Phi) is 4.49. The third-order valence-electron chi connectivity index (χ3n) is 3.93. The lowest BCUT2D eigenvalue weighted by Gasteiger charge is -2.23. The topological polar surface area (TPSA) is 69.0 Å². The van der Waals surface area contributed by atoms with Gasteiger partial charge in [0.1, 0.15) is 11.4 Å². The van der Waals surface area contributed by atoms with Gasteiger partial charge in [0.15, 0.2) is 0 Å². The molecule has 0 atom stereocenters. The van der Waals surface area contributed by atoms with Crippen LogP contribution in [-0.4, -0.2) is 33.4 Å². The minimum atomic E-state index is -0.637. The second-order valence-electron chi connectivity index (χ2n) is 7.16. The van der Waals surface area contributed by atoms with Crippen molar-refractivity contribution in [3.63, 3.8) is 0 Å². The van der Waals surface area contributed by atoms with Gasteiger partial charge in [-0.3, -0.25) is 4.68 Å². The van der Waals surface area contributed by atoms with E-state index in [-0.39, 0.29) is 17.7 Å². The smallest absolute Gasteiger partial charge is 0.341 e. The minimum Gasteiger partial charge on any atom is -0.462 e. The van der Waals surface area contributed by atoms with Crippen LogP contribution in [0.15, 0.2) is 18.3 Å². The molecule has 25 heavy (non-hydrogen) atoms. The minimum absolute atomic E-state index is 0.233. The average Bonchev–Trinajstić information content (AvgIpc) is 3.21. The number of aromatic nitrogens is 3. The normalized spacial score (nSPS) is 14.4. The number of anilines is 1. The summed E-state index contributed by atoms with van der Waals surface area (Å²) < 4.78 is 21.5. The van der Waals surface area contributed by atoms with Gasteiger partial charge in [0.05, 0.1) is 29.6 Å². The Morgan fingerprint density at radius 1 is 1.40 bits per heavy atom. The summed E-state index contributed by atoms with van der Waals surface area (Å²) in [6.45, 7) is 7.78. The Balaban J connectivity index is 2.07. The summed E-state index contributed by atoms with van der Waals surface area (Å²) in [5.74, 6) is -0.655. The first-order chi connectivity index (χ1) is 11.8. The number of rotatable bonds is 5. The van der Waals surface area contributed by atoms with E-state index in [1.54, 1.807) is 23.7 Å². The fourth-order valence-electron chi connectivity index (χ4n) is 2.60. The van der Waals surface area contributed by atoms with E-state index in [4.69, 9.17) is 4.74 Å². The summed E-state index contributed by atoms with van der Waals surface area (Å²) in [6, 6.07) is 3.74. The Morgan fingerprint density at radius 2 is 2.12 bits per heavy atom. The van der Waals surface area contributed by atoms with Crippen molar-refractivity contribution in [3.8, 4) is 11.3 Å². The molecule has 2 aromatic rings. The zero-order valence-electron chi connectivity index (χ0n) is 15.0. The molecule has 1 fully saturated rings. The number of hydrogen-bond donors (Lipinski definition) is 1. The Labute approximate surface area is 146 Å². The predicted octanol–water partition coefficient (Wildman–Crippen LogP) is 3.59. The van der Waals surface area contributed by atoms with E-state index in [1.165, 1.54) is 6.20 Å². The Bertz CT molecular complexity index is 791. The van der Waals surface area contributed by atoms with Crippen molar-refractivity contribution in [3.05, 3.63) is 29.8 Å². The lowest BCUT2D eigenvalue weighted by atomic mass is 10.0. The molecule has 134 valence electrons. The SMILES string of the molecule is CCOC(=O)c1cnn(C(C)(C)C)c1-c1ccc(NC2CC2)nc1F. The quantitative estimate of drug-likeness (QED) is 0.662. The summed E-state index contributed by atoms with van der Waals surface area (Å²) in [6.07, 6.45) is 3.58. The predicted molar refractivity (Wildman–Crippen MR) is 93.0 cm³/mol. The molecule has 1 aliphatic carbocycles. The molecule has 0 radical (unpaired) electrons. The van der Waals surface area contributed by atoms with E-state index in [1.807, 2.05) is 20.8 Å². The molecule has 0 aromatic carbocycles. The average molecular weight is 346 g/mol. The molecule has 2 heterocycles. The van der Waals surface area contributed by atoms with Crippen LogP contribution >= 0.6 is 0 Å². The van der Waals surface area contributed by atoms with Gasteiger partial charge >= 0.3 is 5.97 Å². The van der Waals surface area contributed by atoms with E-state index in [2.05, 4.69) is 15.4 Å². The highest BCUT2D eigenvalue weighted by molar-refractivity contribution is 5.96. The number of pyridine rings is 1. The fraction of sp³-hybridized carbons (Fsp3) is 0.500. The van der Waals surface area contributed by atoms with Gasteiger partial charge < -0.3 is 10.1 Å². The van der Waals surface area contributed by atoms with Crippen molar-refractivity contribution in [2.24, 2.45) is 0 Å². The van der Waals surface area contributed by atoms with E-state index >= 15 is 0 Å². The molecule has 0 bridgehead atoms. The molecule has 1 aliphatic rings. The number of carbonyl (C=O) groups excluding carboxylic acids is 1. The number of carbonyl (C=O) groups is 1. The highest BCUT2D eigenvalue weighted by Gasteiger charge is 2.28. The third-order valence-corrected chi connectivity index (χ3v) is 3.93. The van der Waals surface area contributed by atoms with Crippen molar-refractivity contribution in [2.75, 3.05) is 11.9 Å². The molecule has 3 rings (SSSR count). The third kappa shape index (κ3) is 3.65. The van der Waals surface area contributed by atoms with Crippen LogP contribution in [0.2, 0.25) is 0 Å². The molecule has 6 nitrogen and oxygen atoms in total. The van der Waals surface area contributed by atoms with Gasteiger partial charge in [0.2, 0.25) is 5.95 Å². The number of halogens is 1. The summed E-state index contributed by atoms with van der Waals surface area (Å²) in [7, 11) is 0. The number of hydrogen-bond acceptors (Lipinski definition) is 5.